The maximum Gasteiger partial charge on any atom is 0.390 e. The minimum absolute atomic E-state index is 0.0220. The fourth-order valence-electron chi connectivity index (χ4n) is 2.16. The maximum absolute atomic E-state index is 12.0. The van der Waals surface area contributed by atoms with Gasteiger partial charge in [0.15, 0.2) is 11.5 Å². The van der Waals surface area contributed by atoms with E-state index in [0.717, 1.165) is 5.56 Å². The van der Waals surface area contributed by atoms with Crippen LogP contribution in [0.15, 0.2) is 42.5 Å². The van der Waals surface area contributed by atoms with E-state index < -0.39 is 11.9 Å². The maximum atomic E-state index is 12.0. The molecule has 3 rings (SSSR count). The number of rotatable bonds is 2. The first kappa shape index (κ1) is 15.9. The second kappa shape index (κ2) is 5.88. The molecule has 1 aliphatic rings. The van der Waals surface area contributed by atoms with Gasteiger partial charge in [-0.15, -0.1) is 0 Å². The lowest BCUT2D eigenvalue weighted by Gasteiger charge is -2.18. The van der Waals surface area contributed by atoms with Crippen molar-refractivity contribution in [1.82, 2.24) is 0 Å². The lowest BCUT2D eigenvalue weighted by Crippen LogP contribution is -2.14. The normalized spacial score (nSPS) is 12.1. The van der Waals surface area contributed by atoms with Gasteiger partial charge in [0.1, 0.15) is 5.56 Å². The highest BCUT2D eigenvalue weighted by Crippen LogP contribution is 2.31. The molecule has 1 heterocycles. The van der Waals surface area contributed by atoms with Gasteiger partial charge in [0.05, 0.1) is 5.56 Å². The van der Waals surface area contributed by atoms with Gasteiger partial charge in [0.2, 0.25) is 0 Å². The highest BCUT2D eigenvalue weighted by molar-refractivity contribution is 5.94. The van der Waals surface area contributed by atoms with Gasteiger partial charge in [-0.05, 0) is 35.2 Å². The van der Waals surface area contributed by atoms with Crippen LogP contribution in [0.2, 0.25) is 0 Å². The molecule has 2 bridgehead atoms. The Labute approximate surface area is 138 Å². The molecule has 0 fully saturated rings. The van der Waals surface area contributed by atoms with Gasteiger partial charge in [-0.3, -0.25) is 9.78 Å². The summed E-state index contributed by atoms with van der Waals surface area (Å²) in [6.45, 7) is 6.22. The number of hydrogen-bond acceptors (Lipinski definition) is 6. The molecular weight excluding hydrogens is 312 g/mol. The van der Waals surface area contributed by atoms with Crippen molar-refractivity contribution < 1.29 is 29.1 Å². The van der Waals surface area contributed by atoms with Crippen LogP contribution in [0.1, 0.15) is 47.1 Å². The van der Waals surface area contributed by atoms with Crippen LogP contribution in [-0.4, -0.2) is 11.9 Å². The summed E-state index contributed by atoms with van der Waals surface area (Å²) in [6, 6.07) is 11.5. The fraction of sp³-hybridized carbons (Fsp3) is 0.222. The molecular formula is C18H16O6. The predicted octanol–water partition coefficient (Wildman–Crippen LogP) is 3.60. The highest BCUT2D eigenvalue weighted by atomic mass is 17.2. The number of benzene rings is 2. The van der Waals surface area contributed by atoms with Crippen LogP contribution < -0.4 is 9.78 Å². The van der Waals surface area contributed by atoms with Crippen molar-refractivity contribution in [2.24, 2.45) is 0 Å². The van der Waals surface area contributed by atoms with Crippen LogP contribution in [0.3, 0.4) is 0 Å². The first-order chi connectivity index (χ1) is 11.3. The number of hydrogen-bond donors (Lipinski definition) is 0. The van der Waals surface area contributed by atoms with Crippen LogP contribution in [0.25, 0.3) is 0 Å². The Kier molecular flexibility index (Phi) is 3.89. The lowest BCUT2D eigenvalue weighted by atomic mass is 9.87. The van der Waals surface area contributed by atoms with E-state index in [-0.39, 0.29) is 22.3 Å². The number of carbonyl (C=O) groups is 2. The molecule has 0 spiro atoms. The fourth-order valence-corrected chi connectivity index (χ4v) is 2.16. The largest absolute Gasteiger partial charge is 0.390 e. The first-order valence-corrected chi connectivity index (χ1v) is 7.37. The lowest BCUT2D eigenvalue weighted by molar-refractivity contribution is -0.188. The average Bonchev–Trinajstić information content (AvgIpc) is 2.92. The van der Waals surface area contributed by atoms with Gasteiger partial charge >= 0.3 is 11.9 Å². The van der Waals surface area contributed by atoms with Gasteiger partial charge in [-0.2, -0.15) is 0 Å². The Bertz CT molecular complexity index is 786. The van der Waals surface area contributed by atoms with Gasteiger partial charge in [0, 0.05) is 6.07 Å². The molecule has 0 unspecified atom stereocenters. The van der Waals surface area contributed by atoms with Gasteiger partial charge in [-0.25, -0.2) is 19.4 Å². The zero-order valence-electron chi connectivity index (χ0n) is 13.5. The zero-order valence-corrected chi connectivity index (χ0v) is 13.5. The Morgan fingerprint density at radius 3 is 2.21 bits per heavy atom. The van der Waals surface area contributed by atoms with Crippen LogP contribution >= 0.6 is 0 Å². The number of carbonyl (C=O) groups excluding carboxylic acids is 2. The van der Waals surface area contributed by atoms with E-state index in [0.29, 0.717) is 5.75 Å². The topological polar surface area (TPSA) is 71.1 Å². The molecule has 0 aliphatic carbocycles. The van der Waals surface area contributed by atoms with E-state index >= 15 is 0 Å². The monoisotopic (exact) mass is 328 g/mol. The third-order valence-electron chi connectivity index (χ3n) is 3.58. The molecule has 0 saturated heterocycles. The van der Waals surface area contributed by atoms with E-state index in [1.165, 1.54) is 12.1 Å². The Morgan fingerprint density at radius 1 is 0.875 bits per heavy atom. The van der Waals surface area contributed by atoms with Crippen molar-refractivity contribution >= 4 is 11.9 Å². The van der Waals surface area contributed by atoms with Crippen LogP contribution in [0.4, 0.5) is 0 Å². The minimum atomic E-state index is -0.846. The summed E-state index contributed by atoms with van der Waals surface area (Å²) in [7, 11) is 0. The molecule has 0 radical (unpaired) electrons. The van der Waals surface area contributed by atoms with E-state index in [1.807, 2.05) is 12.1 Å². The summed E-state index contributed by atoms with van der Waals surface area (Å²) in [4.78, 5) is 42.7. The van der Waals surface area contributed by atoms with E-state index in [1.54, 1.807) is 18.2 Å². The quantitative estimate of drug-likeness (QED) is 0.619. The second-order valence-corrected chi connectivity index (χ2v) is 6.39. The summed E-state index contributed by atoms with van der Waals surface area (Å²) in [6.07, 6.45) is 0. The second-order valence-electron chi connectivity index (χ2n) is 6.39. The first-order valence-electron chi connectivity index (χ1n) is 7.37. The third-order valence-corrected chi connectivity index (χ3v) is 3.58. The molecule has 0 atom stereocenters. The molecule has 124 valence electrons. The summed E-state index contributed by atoms with van der Waals surface area (Å²) in [5, 5.41) is 0. The molecule has 2 aromatic rings. The molecule has 0 saturated carbocycles. The van der Waals surface area contributed by atoms with Crippen molar-refractivity contribution in [3.8, 4) is 11.5 Å². The van der Waals surface area contributed by atoms with Crippen molar-refractivity contribution in [1.29, 1.82) is 0 Å². The molecule has 0 aromatic heterocycles. The van der Waals surface area contributed by atoms with E-state index in [2.05, 4.69) is 30.5 Å². The summed E-state index contributed by atoms with van der Waals surface area (Å²) in [5.74, 6) is -0.906. The third kappa shape index (κ3) is 3.17. The van der Waals surface area contributed by atoms with Crippen molar-refractivity contribution in [3.63, 3.8) is 0 Å². The smallest absolute Gasteiger partial charge is 0.290 e. The summed E-state index contributed by atoms with van der Waals surface area (Å²) < 4.78 is 0. The molecule has 6 nitrogen and oxygen atoms in total. The van der Waals surface area contributed by atoms with Crippen LogP contribution in [0, 0.1) is 0 Å². The highest BCUT2D eigenvalue weighted by Gasteiger charge is 2.23. The standard InChI is InChI=1S/C18H16O6/c1-18(2,3)12-6-4-11(5-7-12)16(19)23-24-17(20)14-9-8-13-10-15(14)22-21-13/h4-10H,1-3H3. The molecule has 0 N–H and O–H groups in total. The van der Waals surface area contributed by atoms with Gasteiger partial charge in [0.25, 0.3) is 0 Å². The van der Waals surface area contributed by atoms with Gasteiger partial charge in [-0.1, -0.05) is 32.9 Å². The zero-order chi connectivity index (χ0) is 17.3. The summed E-state index contributed by atoms with van der Waals surface area (Å²) in [5.41, 5.74) is 1.45. The Balaban J connectivity index is 1.62. The Hall–Kier alpha value is -3.02. The van der Waals surface area contributed by atoms with Crippen molar-refractivity contribution in [3.05, 3.63) is 59.2 Å². The van der Waals surface area contributed by atoms with Crippen molar-refractivity contribution in [2.45, 2.75) is 26.2 Å². The predicted molar refractivity (Wildman–Crippen MR) is 83.7 cm³/mol. The van der Waals surface area contributed by atoms with E-state index in [9.17, 15) is 9.59 Å². The SMILES string of the molecule is CC(C)(C)c1ccc(C(=O)OOC(=O)c2ccc3cc2OO3)cc1. The Morgan fingerprint density at radius 2 is 1.54 bits per heavy atom. The molecule has 0 amide bonds. The summed E-state index contributed by atoms with van der Waals surface area (Å²) >= 11 is 0. The molecule has 1 aliphatic heterocycles. The van der Waals surface area contributed by atoms with Gasteiger partial charge < -0.3 is 0 Å². The molecule has 2 aromatic carbocycles. The van der Waals surface area contributed by atoms with E-state index in [4.69, 9.17) is 9.78 Å². The van der Waals surface area contributed by atoms with Crippen LogP contribution in [-0.2, 0) is 15.2 Å². The molecule has 24 heavy (non-hydrogen) atoms. The minimum Gasteiger partial charge on any atom is -0.290 e. The van der Waals surface area contributed by atoms with Crippen molar-refractivity contribution in [2.75, 3.05) is 0 Å². The average molecular weight is 328 g/mol. The number of fused-ring (bicyclic) bond motifs is 2. The molecule has 6 heteroatoms. The van der Waals surface area contributed by atoms with Crippen LogP contribution in [0.5, 0.6) is 11.5 Å².